The molecule has 0 saturated heterocycles. The number of aliphatic carboxylic acids is 1. The Kier molecular flexibility index (Phi) is 2.23. The third-order valence-corrected chi connectivity index (χ3v) is 2.08. The van der Waals surface area contributed by atoms with Gasteiger partial charge in [-0.2, -0.15) is 0 Å². The molecular weight excluding hydrogens is 172 g/mol. The molecule has 0 amide bonds. The third kappa shape index (κ3) is 1.68. The van der Waals surface area contributed by atoms with E-state index in [0.29, 0.717) is 9.90 Å². The van der Waals surface area contributed by atoms with E-state index in [-0.39, 0.29) is 6.42 Å². The highest BCUT2D eigenvalue weighted by Gasteiger charge is 2.07. The van der Waals surface area contributed by atoms with E-state index in [4.69, 9.17) is 5.11 Å². The van der Waals surface area contributed by atoms with Gasteiger partial charge in [0.15, 0.2) is 0 Å². The molecule has 1 heterocycles. The molecule has 1 rings (SSSR count). The molecule has 0 fully saturated rings. The van der Waals surface area contributed by atoms with Gasteiger partial charge in [-0.05, 0) is 11.5 Å². The summed E-state index contributed by atoms with van der Waals surface area (Å²) in [7, 11) is 0. The highest BCUT2D eigenvalue weighted by Crippen LogP contribution is 2.14. The van der Waals surface area contributed by atoms with Gasteiger partial charge in [0, 0.05) is 0 Å². The number of carboxylic acid groups (broad SMARTS) is 1. The van der Waals surface area contributed by atoms with Gasteiger partial charge in [-0.15, -0.1) is 17.7 Å². The minimum Gasteiger partial charge on any atom is -0.481 e. The van der Waals surface area contributed by atoms with Crippen LogP contribution in [0.2, 0.25) is 0 Å². The van der Waals surface area contributed by atoms with E-state index in [1.54, 1.807) is 0 Å². The summed E-state index contributed by atoms with van der Waals surface area (Å²) in [5.74, 6) is -0.888. The SMILES string of the molecule is O=C(O)Cc1snnc1S. The lowest BCUT2D eigenvalue weighted by Crippen LogP contribution is -1.98. The van der Waals surface area contributed by atoms with Crippen LogP contribution < -0.4 is 0 Å². The number of aromatic nitrogens is 2. The Morgan fingerprint density at radius 2 is 2.50 bits per heavy atom. The fraction of sp³-hybridized carbons (Fsp3) is 0.250. The first-order valence-electron chi connectivity index (χ1n) is 2.42. The Bertz CT molecular complexity index is 247. The van der Waals surface area contributed by atoms with Crippen molar-refractivity contribution in [1.82, 2.24) is 9.59 Å². The van der Waals surface area contributed by atoms with Crippen molar-refractivity contribution in [2.75, 3.05) is 0 Å². The molecule has 4 nitrogen and oxygen atoms in total. The number of carboxylic acids is 1. The molecule has 1 N–H and O–H groups in total. The molecule has 1 aromatic heterocycles. The minimum absolute atomic E-state index is 0.0451. The number of hydrogen-bond acceptors (Lipinski definition) is 5. The normalized spacial score (nSPS) is 9.70. The Hall–Kier alpha value is -0.620. The van der Waals surface area contributed by atoms with Gasteiger partial charge in [0.05, 0.1) is 11.3 Å². The molecule has 10 heavy (non-hydrogen) atoms. The van der Waals surface area contributed by atoms with Crippen molar-refractivity contribution >= 4 is 30.1 Å². The van der Waals surface area contributed by atoms with E-state index < -0.39 is 5.97 Å². The first kappa shape index (κ1) is 7.49. The summed E-state index contributed by atoms with van der Waals surface area (Å²) in [6.07, 6.45) is -0.0451. The average Bonchev–Trinajstić information content (AvgIpc) is 2.15. The summed E-state index contributed by atoms with van der Waals surface area (Å²) in [6, 6.07) is 0. The van der Waals surface area contributed by atoms with E-state index in [9.17, 15) is 4.79 Å². The molecule has 0 aliphatic carbocycles. The monoisotopic (exact) mass is 176 g/mol. The molecule has 0 aromatic carbocycles. The minimum atomic E-state index is -0.888. The lowest BCUT2D eigenvalue weighted by atomic mass is 10.4. The van der Waals surface area contributed by atoms with Crippen LogP contribution in [0.15, 0.2) is 5.03 Å². The molecule has 0 atom stereocenters. The van der Waals surface area contributed by atoms with Crippen molar-refractivity contribution < 1.29 is 9.90 Å². The number of thiol groups is 1. The lowest BCUT2D eigenvalue weighted by molar-refractivity contribution is -0.136. The van der Waals surface area contributed by atoms with Crippen LogP contribution in [0.1, 0.15) is 4.88 Å². The Labute approximate surface area is 66.5 Å². The second-order valence-corrected chi connectivity index (χ2v) is 2.85. The average molecular weight is 176 g/mol. The van der Waals surface area contributed by atoms with Crippen LogP contribution in [0, 0.1) is 0 Å². The van der Waals surface area contributed by atoms with Crippen molar-refractivity contribution in [3.05, 3.63) is 4.88 Å². The highest BCUT2D eigenvalue weighted by atomic mass is 32.1. The number of carbonyl (C=O) groups is 1. The standard InChI is InChI=1S/C4H4N2O2S2/c7-3(8)1-2-4(9)5-6-10-2/h9H,1H2,(H,7,8). The van der Waals surface area contributed by atoms with Gasteiger partial charge in [-0.3, -0.25) is 4.79 Å². The van der Waals surface area contributed by atoms with Crippen molar-refractivity contribution in [1.29, 1.82) is 0 Å². The molecule has 0 spiro atoms. The van der Waals surface area contributed by atoms with E-state index in [1.807, 2.05) is 0 Å². The van der Waals surface area contributed by atoms with E-state index in [0.717, 1.165) is 11.5 Å². The van der Waals surface area contributed by atoms with Gasteiger partial charge in [0.1, 0.15) is 5.03 Å². The maximum atomic E-state index is 10.1. The van der Waals surface area contributed by atoms with Crippen LogP contribution in [-0.2, 0) is 11.2 Å². The molecular formula is C4H4N2O2S2. The lowest BCUT2D eigenvalue weighted by Gasteiger charge is -1.86. The summed E-state index contributed by atoms with van der Waals surface area (Å²) < 4.78 is 3.53. The summed E-state index contributed by atoms with van der Waals surface area (Å²) in [4.78, 5) is 10.7. The Morgan fingerprint density at radius 3 is 2.90 bits per heavy atom. The van der Waals surface area contributed by atoms with Gasteiger partial charge in [0.2, 0.25) is 0 Å². The largest absolute Gasteiger partial charge is 0.481 e. The summed E-state index contributed by atoms with van der Waals surface area (Å²) in [5, 5.41) is 12.3. The zero-order valence-corrected chi connectivity index (χ0v) is 6.52. The van der Waals surface area contributed by atoms with Gasteiger partial charge in [-0.1, -0.05) is 4.49 Å². The van der Waals surface area contributed by atoms with Crippen molar-refractivity contribution in [3.63, 3.8) is 0 Å². The van der Waals surface area contributed by atoms with Crippen LogP contribution in [0.5, 0.6) is 0 Å². The fourth-order valence-electron chi connectivity index (χ4n) is 0.454. The van der Waals surface area contributed by atoms with E-state index in [1.165, 1.54) is 0 Å². The number of nitrogens with zero attached hydrogens (tertiary/aromatic N) is 2. The van der Waals surface area contributed by atoms with Crippen LogP contribution >= 0.6 is 24.2 Å². The number of hydrogen-bond donors (Lipinski definition) is 2. The Balaban J connectivity index is 2.74. The second-order valence-electron chi connectivity index (χ2n) is 1.59. The topological polar surface area (TPSA) is 63.1 Å². The fourth-order valence-corrected chi connectivity index (χ4v) is 1.29. The van der Waals surface area contributed by atoms with Crippen molar-refractivity contribution in [2.45, 2.75) is 11.4 Å². The third-order valence-electron chi connectivity index (χ3n) is 0.848. The quantitative estimate of drug-likeness (QED) is 0.642. The molecule has 6 heteroatoms. The Morgan fingerprint density at radius 1 is 1.80 bits per heavy atom. The van der Waals surface area contributed by atoms with Crippen molar-refractivity contribution in [2.24, 2.45) is 0 Å². The zero-order chi connectivity index (χ0) is 7.56. The van der Waals surface area contributed by atoms with Crippen LogP contribution in [-0.4, -0.2) is 20.7 Å². The van der Waals surface area contributed by atoms with Gasteiger partial charge >= 0.3 is 5.97 Å². The molecule has 1 aromatic rings. The zero-order valence-electron chi connectivity index (χ0n) is 4.81. The molecule has 0 radical (unpaired) electrons. The predicted octanol–water partition coefficient (Wildman–Crippen LogP) is 0.454. The van der Waals surface area contributed by atoms with Gasteiger partial charge in [0.25, 0.3) is 0 Å². The molecule has 0 bridgehead atoms. The molecule has 54 valence electrons. The maximum absolute atomic E-state index is 10.1. The van der Waals surface area contributed by atoms with Crippen molar-refractivity contribution in [3.8, 4) is 0 Å². The van der Waals surface area contributed by atoms with E-state index >= 15 is 0 Å². The van der Waals surface area contributed by atoms with Crippen LogP contribution in [0.4, 0.5) is 0 Å². The second kappa shape index (κ2) is 2.98. The smallest absolute Gasteiger partial charge is 0.308 e. The first-order valence-corrected chi connectivity index (χ1v) is 3.64. The summed E-state index contributed by atoms with van der Waals surface area (Å²) in [6.45, 7) is 0. The number of rotatable bonds is 2. The molecule has 0 unspecified atom stereocenters. The van der Waals surface area contributed by atoms with Crippen LogP contribution in [0.25, 0.3) is 0 Å². The summed E-state index contributed by atoms with van der Waals surface area (Å²) >= 11 is 4.96. The van der Waals surface area contributed by atoms with Gasteiger partial charge in [-0.25, -0.2) is 0 Å². The first-order chi connectivity index (χ1) is 4.70. The van der Waals surface area contributed by atoms with Crippen LogP contribution in [0.3, 0.4) is 0 Å². The maximum Gasteiger partial charge on any atom is 0.308 e. The molecule has 0 aliphatic rings. The highest BCUT2D eigenvalue weighted by molar-refractivity contribution is 7.80. The molecule has 0 saturated carbocycles. The molecule has 0 aliphatic heterocycles. The predicted molar refractivity (Wildman–Crippen MR) is 38.5 cm³/mol. The summed E-state index contributed by atoms with van der Waals surface area (Å²) in [5.41, 5.74) is 0. The van der Waals surface area contributed by atoms with Gasteiger partial charge < -0.3 is 5.11 Å². The van der Waals surface area contributed by atoms with E-state index in [2.05, 4.69) is 22.2 Å².